The van der Waals surface area contributed by atoms with E-state index in [1.807, 2.05) is 28.8 Å². The summed E-state index contributed by atoms with van der Waals surface area (Å²) in [5.41, 5.74) is 1.81. The number of nitrogens with one attached hydrogen (secondary N) is 1. The summed E-state index contributed by atoms with van der Waals surface area (Å²) >= 11 is 1.60. The Morgan fingerprint density at radius 3 is 2.96 bits per heavy atom. The van der Waals surface area contributed by atoms with Gasteiger partial charge in [-0.1, -0.05) is 25.2 Å². The van der Waals surface area contributed by atoms with Gasteiger partial charge in [0.25, 0.3) is 5.91 Å². The molecular formula is C17H22N4OS. The summed E-state index contributed by atoms with van der Waals surface area (Å²) in [4.78, 5) is 19.9. The van der Waals surface area contributed by atoms with E-state index in [0.29, 0.717) is 12.1 Å². The van der Waals surface area contributed by atoms with E-state index < -0.39 is 0 Å². The molecule has 2 aromatic heterocycles. The highest BCUT2D eigenvalue weighted by Crippen LogP contribution is 2.26. The maximum absolute atomic E-state index is 12.3. The van der Waals surface area contributed by atoms with Crippen LogP contribution in [0.2, 0.25) is 0 Å². The molecule has 1 amide bonds. The van der Waals surface area contributed by atoms with E-state index in [9.17, 15) is 4.79 Å². The van der Waals surface area contributed by atoms with Gasteiger partial charge in [0.1, 0.15) is 0 Å². The summed E-state index contributed by atoms with van der Waals surface area (Å²) < 4.78 is 3.13. The van der Waals surface area contributed by atoms with E-state index in [4.69, 9.17) is 0 Å². The summed E-state index contributed by atoms with van der Waals surface area (Å²) in [6, 6.07) is 5.83. The lowest BCUT2D eigenvalue weighted by atomic mass is 10.2. The number of carbonyl (C=O) groups is 1. The third-order valence-corrected chi connectivity index (χ3v) is 5.15. The van der Waals surface area contributed by atoms with Crippen molar-refractivity contribution in [2.45, 2.75) is 20.3 Å². The molecule has 0 bridgehead atoms. The van der Waals surface area contributed by atoms with Gasteiger partial charge in [0, 0.05) is 24.5 Å². The van der Waals surface area contributed by atoms with Gasteiger partial charge >= 0.3 is 0 Å². The van der Waals surface area contributed by atoms with Crippen molar-refractivity contribution in [3.05, 3.63) is 36.2 Å². The fourth-order valence-corrected chi connectivity index (χ4v) is 3.75. The number of hydrogen-bond acceptors (Lipinski definition) is 4. The molecule has 1 aromatic carbocycles. The third kappa shape index (κ3) is 3.38. The lowest BCUT2D eigenvalue weighted by Gasteiger charge is -2.17. The molecule has 23 heavy (non-hydrogen) atoms. The monoisotopic (exact) mass is 330 g/mol. The molecular weight excluding hydrogens is 308 g/mol. The molecule has 5 nitrogen and oxygen atoms in total. The molecule has 0 spiro atoms. The Labute approximate surface area is 139 Å². The van der Waals surface area contributed by atoms with Gasteiger partial charge < -0.3 is 10.2 Å². The number of fused-ring (bicyclic) bond motifs is 3. The van der Waals surface area contributed by atoms with Crippen LogP contribution in [0.15, 0.2) is 30.6 Å². The van der Waals surface area contributed by atoms with Crippen LogP contribution in [0.3, 0.4) is 0 Å². The van der Waals surface area contributed by atoms with Crippen LogP contribution < -0.4 is 5.32 Å². The predicted octanol–water partition coefficient (Wildman–Crippen LogP) is 3.01. The van der Waals surface area contributed by atoms with Crippen LogP contribution in [0.4, 0.5) is 0 Å². The molecule has 122 valence electrons. The highest BCUT2D eigenvalue weighted by Gasteiger charge is 2.10. The Morgan fingerprint density at radius 2 is 2.17 bits per heavy atom. The van der Waals surface area contributed by atoms with Gasteiger partial charge in [-0.25, -0.2) is 4.98 Å². The molecule has 3 aromatic rings. The van der Waals surface area contributed by atoms with Crippen LogP contribution in [-0.4, -0.2) is 46.4 Å². The van der Waals surface area contributed by atoms with E-state index in [1.54, 1.807) is 17.5 Å². The first-order chi connectivity index (χ1) is 11.2. The van der Waals surface area contributed by atoms with Gasteiger partial charge in [0.15, 0.2) is 4.96 Å². The van der Waals surface area contributed by atoms with Crippen molar-refractivity contribution in [2.24, 2.45) is 0 Å². The van der Waals surface area contributed by atoms with E-state index in [-0.39, 0.29) is 5.91 Å². The van der Waals surface area contributed by atoms with Gasteiger partial charge in [0.2, 0.25) is 0 Å². The molecule has 1 N–H and O–H groups in total. The van der Waals surface area contributed by atoms with Crippen LogP contribution in [0.25, 0.3) is 15.2 Å². The first kappa shape index (κ1) is 16.0. The normalized spacial score (nSPS) is 11.6. The highest BCUT2D eigenvalue weighted by atomic mass is 32.1. The number of rotatable bonds is 7. The zero-order valence-electron chi connectivity index (χ0n) is 13.6. The maximum Gasteiger partial charge on any atom is 0.251 e. The van der Waals surface area contributed by atoms with Gasteiger partial charge in [-0.15, -0.1) is 0 Å². The first-order valence-corrected chi connectivity index (χ1v) is 8.90. The number of aromatic nitrogens is 2. The molecule has 6 heteroatoms. The van der Waals surface area contributed by atoms with Crippen LogP contribution in [-0.2, 0) is 0 Å². The number of nitrogens with zero attached hydrogens (tertiary/aromatic N) is 3. The minimum atomic E-state index is -0.00233. The summed E-state index contributed by atoms with van der Waals surface area (Å²) in [6.45, 7) is 8.17. The molecule has 0 saturated carbocycles. The van der Waals surface area contributed by atoms with E-state index >= 15 is 0 Å². The molecule has 0 unspecified atom stereocenters. The van der Waals surface area contributed by atoms with Crippen molar-refractivity contribution in [2.75, 3.05) is 26.2 Å². The molecule has 0 saturated heterocycles. The first-order valence-electron chi connectivity index (χ1n) is 8.09. The highest BCUT2D eigenvalue weighted by molar-refractivity contribution is 7.23. The zero-order valence-corrected chi connectivity index (χ0v) is 14.4. The number of imidazole rings is 1. The second-order valence-corrected chi connectivity index (χ2v) is 6.51. The van der Waals surface area contributed by atoms with Crippen LogP contribution in [0.1, 0.15) is 30.6 Å². The van der Waals surface area contributed by atoms with Crippen molar-refractivity contribution in [1.82, 2.24) is 19.6 Å². The molecule has 2 heterocycles. The van der Waals surface area contributed by atoms with Crippen molar-refractivity contribution in [3.63, 3.8) is 0 Å². The number of thiazole rings is 1. The fourth-order valence-electron chi connectivity index (χ4n) is 2.73. The smallest absolute Gasteiger partial charge is 0.251 e. The standard InChI is InChI=1S/C17H22N4OS/c1-3-20(4-2)10-5-8-18-16(22)13-6-7-14-15(12-13)23-17-19-9-11-21(14)17/h6-7,9,11-12H,3-5,8,10H2,1-2H3,(H,18,22). The zero-order chi connectivity index (χ0) is 16.2. The van der Waals surface area contributed by atoms with Gasteiger partial charge in [-0.3, -0.25) is 9.20 Å². The molecule has 0 atom stereocenters. The topological polar surface area (TPSA) is 49.6 Å². The van der Waals surface area contributed by atoms with E-state index in [0.717, 1.165) is 41.2 Å². The quantitative estimate of drug-likeness (QED) is 0.678. The lowest BCUT2D eigenvalue weighted by Crippen LogP contribution is -2.29. The van der Waals surface area contributed by atoms with Crippen LogP contribution in [0, 0.1) is 0 Å². The Hall–Kier alpha value is -1.92. The minimum Gasteiger partial charge on any atom is -0.352 e. The summed E-state index contributed by atoms with van der Waals surface area (Å²) in [7, 11) is 0. The Balaban J connectivity index is 1.62. The largest absolute Gasteiger partial charge is 0.352 e. The predicted molar refractivity (Wildman–Crippen MR) is 95.3 cm³/mol. The lowest BCUT2D eigenvalue weighted by molar-refractivity contribution is 0.0952. The molecule has 0 aliphatic carbocycles. The Bertz CT molecular complexity index is 803. The van der Waals surface area contributed by atoms with Gasteiger partial charge in [0.05, 0.1) is 10.2 Å². The average molecular weight is 330 g/mol. The van der Waals surface area contributed by atoms with Crippen molar-refractivity contribution < 1.29 is 4.79 Å². The number of amides is 1. The summed E-state index contributed by atoms with van der Waals surface area (Å²) in [5, 5.41) is 3.01. The van der Waals surface area contributed by atoms with E-state index in [2.05, 4.69) is 29.0 Å². The van der Waals surface area contributed by atoms with Crippen LogP contribution >= 0.6 is 11.3 Å². The van der Waals surface area contributed by atoms with E-state index in [1.165, 1.54) is 0 Å². The SMILES string of the molecule is CCN(CC)CCCNC(=O)c1ccc2c(c1)sc1nccn12. The fraction of sp³-hybridized carbons (Fsp3) is 0.412. The number of hydrogen-bond donors (Lipinski definition) is 1. The molecule has 0 aliphatic rings. The van der Waals surface area contributed by atoms with Crippen molar-refractivity contribution >= 4 is 32.4 Å². The second-order valence-electron chi connectivity index (χ2n) is 5.50. The number of benzene rings is 1. The molecule has 0 fully saturated rings. The molecule has 3 rings (SSSR count). The van der Waals surface area contributed by atoms with Gasteiger partial charge in [-0.2, -0.15) is 0 Å². The molecule has 0 radical (unpaired) electrons. The summed E-state index contributed by atoms with van der Waals surface area (Å²) in [5.74, 6) is -0.00233. The third-order valence-electron chi connectivity index (χ3n) is 4.12. The molecule has 0 aliphatic heterocycles. The van der Waals surface area contributed by atoms with Crippen molar-refractivity contribution in [3.8, 4) is 0 Å². The second kappa shape index (κ2) is 7.10. The number of carbonyl (C=O) groups excluding carboxylic acids is 1. The Morgan fingerprint density at radius 1 is 1.35 bits per heavy atom. The average Bonchev–Trinajstić information content (AvgIpc) is 3.15. The van der Waals surface area contributed by atoms with Crippen LogP contribution in [0.5, 0.6) is 0 Å². The van der Waals surface area contributed by atoms with Crippen molar-refractivity contribution in [1.29, 1.82) is 0 Å². The Kier molecular flexibility index (Phi) is 4.93. The summed E-state index contributed by atoms with van der Waals surface area (Å²) in [6.07, 6.45) is 4.71. The minimum absolute atomic E-state index is 0.00233. The maximum atomic E-state index is 12.3. The van der Waals surface area contributed by atoms with Gasteiger partial charge in [-0.05, 0) is 44.3 Å².